The van der Waals surface area contributed by atoms with Crippen LogP contribution in [-0.4, -0.2) is 16.1 Å². The highest BCUT2D eigenvalue weighted by Gasteiger charge is 2.20. The van der Waals surface area contributed by atoms with Crippen LogP contribution in [0.3, 0.4) is 0 Å². The van der Waals surface area contributed by atoms with Crippen LogP contribution in [0.2, 0.25) is 0 Å². The van der Waals surface area contributed by atoms with Gasteiger partial charge in [0.05, 0.1) is 6.04 Å². The Morgan fingerprint density at radius 1 is 1.38 bits per heavy atom. The van der Waals surface area contributed by atoms with Gasteiger partial charge in [0.15, 0.2) is 0 Å². The zero-order chi connectivity index (χ0) is 11.7. The van der Waals surface area contributed by atoms with Crippen molar-refractivity contribution in [3.8, 4) is 0 Å². The summed E-state index contributed by atoms with van der Waals surface area (Å²) in [5, 5.41) is 9.53. The van der Waals surface area contributed by atoms with E-state index in [1.165, 1.54) is 0 Å². The maximum Gasteiger partial charge on any atom is 0.115 e. The van der Waals surface area contributed by atoms with Gasteiger partial charge in [-0.3, -0.25) is 4.98 Å². The lowest BCUT2D eigenvalue weighted by atomic mass is 10.1. The van der Waals surface area contributed by atoms with E-state index >= 15 is 0 Å². The molecule has 3 heteroatoms. The number of hydrogen-bond acceptors (Lipinski definition) is 3. The normalized spacial score (nSPS) is 20.4. The molecular weight excluding hydrogens is 200 g/mol. The Bertz CT molecular complexity index is 463. The van der Waals surface area contributed by atoms with Gasteiger partial charge in [0.2, 0.25) is 0 Å². The standard InChI is InChI=1S/C13H16N2O/c1-9-8-14-5-4-13(9)15-10(2)6-12(16)7-11(15)3/h4-8,10,16H,1-3H3. The second-order valence-corrected chi connectivity index (χ2v) is 4.15. The largest absolute Gasteiger partial charge is 0.508 e. The predicted molar refractivity (Wildman–Crippen MR) is 65.4 cm³/mol. The molecule has 0 amide bonds. The molecule has 0 spiro atoms. The average Bonchev–Trinajstić information content (AvgIpc) is 2.19. The van der Waals surface area contributed by atoms with Crippen molar-refractivity contribution in [1.82, 2.24) is 4.98 Å². The third-order valence-corrected chi connectivity index (χ3v) is 2.81. The van der Waals surface area contributed by atoms with Crippen LogP contribution in [0.15, 0.2) is 42.1 Å². The smallest absolute Gasteiger partial charge is 0.115 e. The van der Waals surface area contributed by atoms with E-state index in [-0.39, 0.29) is 6.04 Å². The maximum atomic E-state index is 9.53. The Morgan fingerprint density at radius 3 is 2.75 bits per heavy atom. The average molecular weight is 216 g/mol. The third-order valence-electron chi connectivity index (χ3n) is 2.81. The van der Waals surface area contributed by atoms with E-state index in [1.54, 1.807) is 12.3 Å². The number of aliphatic hydroxyl groups excluding tert-OH is 1. The molecule has 0 bridgehead atoms. The van der Waals surface area contributed by atoms with Gasteiger partial charge in [-0.15, -0.1) is 0 Å². The number of allylic oxidation sites excluding steroid dienone is 2. The number of aryl methyl sites for hydroxylation is 1. The first-order valence-corrected chi connectivity index (χ1v) is 5.38. The molecule has 1 unspecified atom stereocenters. The monoisotopic (exact) mass is 216 g/mol. The van der Waals surface area contributed by atoms with Gasteiger partial charge in [-0.05, 0) is 44.6 Å². The van der Waals surface area contributed by atoms with Gasteiger partial charge in [0.1, 0.15) is 5.76 Å². The van der Waals surface area contributed by atoms with E-state index in [4.69, 9.17) is 0 Å². The summed E-state index contributed by atoms with van der Waals surface area (Å²) in [7, 11) is 0. The molecule has 2 rings (SSSR count). The van der Waals surface area contributed by atoms with E-state index in [1.807, 2.05) is 32.2 Å². The number of nitrogens with zero attached hydrogens (tertiary/aromatic N) is 2. The summed E-state index contributed by atoms with van der Waals surface area (Å²) >= 11 is 0. The second-order valence-electron chi connectivity index (χ2n) is 4.15. The molecule has 0 aliphatic carbocycles. The fraction of sp³-hybridized carbons (Fsp3) is 0.308. The van der Waals surface area contributed by atoms with E-state index in [0.717, 1.165) is 16.9 Å². The zero-order valence-electron chi connectivity index (χ0n) is 9.81. The SMILES string of the molecule is CC1=CC(O)=CC(C)N1c1ccncc1C. The van der Waals surface area contributed by atoms with E-state index in [9.17, 15) is 5.11 Å². The number of pyridine rings is 1. The molecule has 0 saturated carbocycles. The summed E-state index contributed by atoms with van der Waals surface area (Å²) in [5.74, 6) is 0.341. The van der Waals surface area contributed by atoms with Crippen LogP contribution in [0.5, 0.6) is 0 Å². The summed E-state index contributed by atoms with van der Waals surface area (Å²) in [4.78, 5) is 6.29. The summed E-state index contributed by atoms with van der Waals surface area (Å²) in [5.41, 5.74) is 3.32. The molecular formula is C13H16N2O. The van der Waals surface area contributed by atoms with Crippen LogP contribution in [0.1, 0.15) is 19.4 Å². The van der Waals surface area contributed by atoms with E-state index < -0.39 is 0 Å². The molecule has 84 valence electrons. The summed E-state index contributed by atoms with van der Waals surface area (Å²) in [6, 6.07) is 2.16. The molecule has 1 atom stereocenters. The molecule has 0 radical (unpaired) electrons. The molecule has 3 nitrogen and oxygen atoms in total. The molecule has 2 heterocycles. The first-order valence-electron chi connectivity index (χ1n) is 5.38. The number of rotatable bonds is 1. The Hall–Kier alpha value is -1.77. The molecule has 1 aromatic rings. The molecule has 16 heavy (non-hydrogen) atoms. The summed E-state index contributed by atoms with van der Waals surface area (Å²) < 4.78 is 0. The zero-order valence-corrected chi connectivity index (χ0v) is 9.81. The lowest BCUT2D eigenvalue weighted by Crippen LogP contribution is -2.33. The van der Waals surface area contributed by atoms with Crippen LogP contribution in [0, 0.1) is 6.92 Å². The first kappa shape index (κ1) is 10.7. The highest BCUT2D eigenvalue weighted by molar-refractivity contribution is 5.59. The van der Waals surface area contributed by atoms with Gasteiger partial charge in [-0.2, -0.15) is 0 Å². The lowest BCUT2D eigenvalue weighted by Gasteiger charge is -2.33. The number of aliphatic hydroxyl groups is 1. The molecule has 1 N–H and O–H groups in total. The van der Waals surface area contributed by atoms with Crippen molar-refractivity contribution in [3.05, 3.63) is 47.6 Å². The van der Waals surface area contributed by atoms with Crippen molar-refractivity contribution >= 4 is 5.69 Å². The van der Waals surface area contributed by atoms with E-state index in [0.29, 0.717) is 5.76 Å². The fourth-order valence-corrected chi connectivity index (χ4v) is 2.12. The predicted octanol–water partition coefficient (Wildman–Crippen LogP) is 2.94. The van der Waals surface area contributed by atoms with Crippen molar-refractivity contribution in [2.24, 2.45) is 0 Å². The number of aromatic nitrogens is 1. The topological polar surface area (TPSA) is 36.4 Å². The summed E-state index contributed by atoms with van der Waals surface area (Å²) in [6.45, 7) is 6.10. The van der Waals surface area contributed by atoms with Gasteiger partial charge >= 0.3 is 0 Å². The highest BCUT2D eigenvalue weighted by atomic mass is 16.3. The molecule has 0 aromatic carbocycles. The molecule has 1 aliphatic heterocycles. The lowest BCUT2D eigenvalue weighted by molar-refractivity contribution is 0.423. The van der Waals surface area contributed by atoms with Crippen LogP contribution >= 0.6 is 0 Å². The van der Waals surface area contributed by atoms with Crippen molar-refractivity contribution in [2.75, 3.05) is 4.90 Å². The van der Waals surface area contributed by atoms with Gasteiger partial charge < -0.3 is 10.0 Å². The van der Waals surface area contributed by atoms with E-state index in [2.05, 4.69) is 16.8 Å². The van der Waals surface area contributed by atoms with Gasteiger partial charge in [-0.1, -0.05) is 0 Å². The number of hydrogen-bond donors (Lipinski definition) is 1. The van der Waals surface area contributed by atoms with Crippen molar-refractivity contribution in [2.45, 2.75) is 26.8 Å². The fourth-order valence-electron chi connectivity index (χ4n) is 2.12. The van der Waals surface area contributed by atoms with Crippen LogP contribution in [0.25, 0.3) is 0 Å². The third kappa shape index (κ3) is 1.81. The van der Waals surface area contributed by atoms with Crippen molar-refractivity contribution in [3.63, 3.8) is 0 Å². The van der Waals surface area contributed by atoms with Crippen molar-refractivity contribution < 1.29 is 5.11 Å². The van der Waals surface area contributed by atoms with Crippen LogP contribution < -0.4 is 4.90 Å². The minimum atomic E-state index is 0.158. The van der Waals surface area contributed by atoms with Gasteiger partial charge in [0.25, 0.3) is 0 Å². The molecule has 1 aromatic heterocycles. The quantitative estimate of drug-likeness (QED) is 0.784. The Morgan fingerprint density at radius 2 is 2.12 bits per heavy atom. The van der Waals surface area contributed by atoms with Gasteiger partial charge in [0, 0.05) is 23.8 Å². The Balaban J connectivity index is 2.43. The minimum absolute atomic E-state index is 0.158. The van der Waals surface area contributed by atoms with Crippen LogP contribution in [0.4, 0.5) is 5.69 Å². The van der Waals surface area contributed by atoms with Gasteiger partial charge in [-0.25, -0.2) is 0 Å². The summed E-state index contributed by atoms with van der Waals surface area (Å²) in [6.07, 6.45) is 7.26. The second kappa shape index (κ2) is 4.00. The molecule has 1 aliphatic rings. The highest BCUT2D eigenvalue weighted by Crippen LogP contribution is 2.28. The Kier molecular flexibility index (Phi) is 2.69. The minimum Gasteiger partial charge on any atom is -0.508 e. The van der Waals surface area contributed by atoms with Crippen LogP contribution in [-0.2, 0) is 0 Å². The number of anilines is 1. The maximum absolute atomic E-state index is 9.53. The molecule has 0 fully saturated rings. The molecule has 0 saturated heterocycles. The first-order chi connectivity index (χ1) is 7.59. The van der Waals surface area contributed by atoms with Crippen molar-refractivity contribution in [1.29, 1.82) is 0 Å². The Labute approximate surface area is 95.7 Å².